The van der Waals surface area contributed by atoms with E-state index in [1.54, 1.807) is 0 Å². The van der Waals surface area contributed by atoms with E-state index in [0.29, 0.717) is 12.0 Å². The van der Waals surface area contributed by atoms with Gasteiger partial charge in [-0.2, -0.15) is 4.39 Å². The predicted octanol–water partition coefficient (Wildman–Crippen LogP) is 2.97. The van der Waals surface area contributed by atoms with Gasteiger partial charge in [0.15, 0.2) is 0 Å². The average molecular weight is 395 g/mol. The number of benzene rings is 1. The molecule has 0 bridgehead atoms. The molecule has 122 valence electrons. The second-order valence-electron chi connectivity index (χ2n) is 5.36. The quantitative estimate of drug-likeness (QED) is 0.472. The van der Waals surface area contributed by atoms with Crippen molar-refractivity contribution in [1.29, 1.82) is 0 Å². The number of hydrogen-bond donors (Lipinski definition) is 1. The number of nitrogens with one attached hydrogen (secondary N) is 1. The van der Waals surface area contributed by atoms with E-state index in [0.717, 1.165) is 43.1 Å². The summed E-state index contributed by atoms with van der Waals surface area (Å²) in [5, 5.41) is 11.5. The Hall–Kier alpha value is -1.06. The molecule has 2 rings (SSSR count). The molecule has 0 amide bonds. The van der Waals surface area contributed by atoms with Crippen molar-refractivity contribution in [3.05, 3.63) is 34.1 Å². The Morgan fingerprint density at radius 1 is 1.32 bits per heavy atom. The van der Waals surface area contributed by atoms with Crippen molar-refractivity contribution in [1.82, 2.24) is 4.72 Å². The number of hydrogen-bond acceptors (Lipinski definition) is 4. The summed E-state index contributed by atoms with van der Waals surface area (Å²) >= 11 is 3.42. The fraction of sp³-hybridized carbons (Fsp3) is 0.538. The molecule has 1 N–H and O–H groups in total. The summed E-state index contributed by atoms with van der Waals surface area (Å²) < 4.78 is 40.6. The summed E-state index contributed by atoms with van der Waals surface area (Å²) in [4.78, 5) is 9.37. The molecule has 1 aromatic rings. The van der Waals surface area contributed by atoms with Gasteiger partial charge < -0.3 is 0 Å². The number of halogens is 2. The van der Waals surface area contributed by atoms with Crippen LogP contribution >= 0.6 is 15.9 Å². The first kappa shape index (κ1) is 17.3. The molecule has 1 aliphatic rings. The van der Waals surface area contributed by atoms with Gasteiger partial charge in [0, 0.05) is 23.5 Å². The largest absolute Gasteiger partial charge is 0.304 e. The molecule has 22 heavy (non-hydrogen) atoms. The maximum absolute atomic E-state index is 13.6. The normalized spacial score (nSPS) is 22.5. The van der Waals surface area contributed by atoms with Gasteiger partial charge in [0.05, 0.1) is 9.82 Å². The van der Waals surface area contributed by atoms with Crippen LogP contribution in [0, 0.1) is 21.8 Å². The van der Waals surface area contributed by atoms with Crippen LogP contribution in [0.3, 0.4) is 0 Å². The van der Waals surface area contributed by atoms with Crippen LogP contribution in [0.5, 0.6) is 0 Å². The molecule has 0 heterocycles. The zero-order chi connectivity index (χ0) is 16.3. The van der Waals surface area contributed by atoms with E-state index in [-0.39, 0.29) is 10.9 Å². The lowest BCUT2D eigenvalue weighted by Gasteiger charge is -2.27. The van der Waals surface area contributed by atoms with Gasteiger partial charge in [-0.15, -0.1) is 0 Å². The van der Waals surface area contributed by atoms with Crippen molar-refractivity contribution in [2.75, 3.05) is 5.33 Å². The molecule has 1 aromatic carbocycles. The van der Waals surface area contributed by atoms with Crippen LogP contribution in [-0.2, 0) is 10.0 Å². The monoisotopic (exact) mass is 394 g/mol. The van der Waals surface area contributed by atoms with Crippen molar-refractivity contribution in [2.45, 2.75) is 36.6 Å². The molecule has 0 spiro atoms. The van der Waals surface area contributed by atoms with Crippen molar-refractivity contribution in [3.63, 3.8) is 0 Å². The number of nitrogens with zero attached hydrogens (tertiary/aromatic N) is 1. The molecule has 6 nitrogen and oxygen atoms in total. The Morgan fingerprint density at radius 3 is 2.45 bits per heavy atom. The average Bonchev–Trinajstić information content (AvgIpc) is 2.47. The van der Waals surface area contributed by atoms with E-state index in [9.17, 15) is 22.9 Å². The number of alkyl halides is 1. The van der Waals surface area contributed by atoms with E-state index >= 15 is 0 Å². The van der Waals surface area contributed by atoms with Crippen LogP contribution < -0.4 is 4.72 Å². The Labute approximate surface area is 136 Å². The minimum atomic E-state index is -3.87. The van der Waals surface area contributed by atoms with E-state index in [2.05, 4.69) is 20.7 Å². The highest BCUT2D eigenvalue weighted by atomic mass is 79.9. The van der Waals surface area contributed by atoms with E-state index < -0.39 is 26.5 Å². The lowest BCUT2D eigenvalue weighted by molar-refractivity contribution is -0.387. The highest BCUT2D eigenvalue weighted by Gasteiger charge is 2.26. The Bertz CT molecular complexity index is 660. The second kappa shape index (κ2) is 7.01. The zero-order valence-electron chi connectivity index (χ0n) is 11.7. The van der Waals surface area contributed by atoms with E-state index in [1.165, 1.54) is 0 Å². The summed E-state index contributed by atoms with van der Waals surface area (Å²) in [6, 6.07) is 2.42. The molecule has 0 saturated heterocycles. The minimum Gasteiger partial charge on any atom is -0.258 e. The molecular formula is C13H16BrFN2O4S. The smallest absolute Gasteiger partial charge is 0.258 e. The van der Waals surface area contributed by atoms with Gasteiger partial charge in [0.1, 0.15) is 0 Å². The fourth-order valence-electron chi connectivity index (χ4n) is 2.52. The lowest BCUT2D eigenvalue weighted by atomic mass is 9.88. The van der Waals surface area contributed by atoms with Crippen molar-refractivity contribution < 1.29 is 17.7 Å². The highest BCUT2D eigenvalue weighted by molar-refractivity contribution is 9.09. The summed E-state index contributed by atoms with van der Waals surface area (Å²) in [6.07, 6.45) is 3.30. The fourth-order valence-corrected chi connectivity index (χ4v) is 4.49. The van der Waals surface area contributed by atoms with Gasteiger partial charge in [-0.1, -0.05) is 15.9 Å². The molecule has 0 aliphatic heterocycles. The summed E-state index contributed by atoms with van der Waals surface area (Å²) in [7, 11) is -3.87. The third-order valence-electron chi connectivity index (χ3n) is 3.81. The maximum atomic E-state index is 13.6. The summed E-state index contributed by atoms with van der Waals surface area (Å²) in [6.45, 7) is 0. The third kappa shape index (κ3) is 4.02. The van der Waals surface area contributed by atoms with Gasteiger partial charge in [0.2, 0.25) is 15.8 Å². The first-order valence-corrected chi connectivity index (χ1v) is 9.46. The lowest BCUT2D eigenvalue weighted by Crippen LogP contribution is -2.37. The van der Waals surface area contributed by atoms with Gasteiger partial charge in [-0.3, -0.25) is 10.1 Å². The van der Waals surface area contributed by atoms with Crippen molar-refractivity contribution in [3.8, 4) is 0 Å². The zero-order valence-corrected chi connectivity index (χ0v) is 14.1. The topological polar surface area (TPSA) is 89.3 Å². The molecular weight excluding hydrogens is 379 g/mol. The van der Waals surface area contributed by atoms with Crippen LogP contribution in [0.1, 0.15) is 25.7 Å². The van der Waals surface area contributed by atoms with Crippen molar-refractivity contribution in [2.24, 2.45) is 5.92 Å². The molecule has 1 saturated carbocycles. The number of rotatable bonds is 5. The first-order chi connectivity index (χ1) is 10.3. The van der Waals surface area contributed by atoms with Gasteiger partial charge >= 0.3 is 5.69 Å². The van der Waals surface area contributed by atoms with Gasteiger partial charge in [-0.25, -0.2) is 13.1 Å². The van der Waals surface area contributed by atoms with Crippen molar-refractivity contribution >= 4 is 31.6 Å². The van der Waals surface area contributed by atoms with Gasteiger partial charge in [0.25, 0.3) is 0 Å². The van der Waals surface area contributed by atoms with Crippen LogP contribution in [0.2, 0.25) is 0 Å². The Morgan fingerprint density at radius 2 is 1.95 bits per heavy atom. The highest BCUT2D eigenvalue weighted by Crippen LogP contribution is 2.27. The summed E-state index contributed by atoms with van der Waals surface area (Å²) in [5.41, 5.74) is -0.739. The first-order valence-electron chi connectivity index (χ1n) is 6.85. The van der Waals surface area contributed by atoms with Crippen LogP contribution in [0.15, 0.2) is 23.1 Å². The summed E-state index contributed by atoms with van der Waals surface area (Å²) in [5.74, 6) is -0.603. The van der Waals surface area contributed by atoms with Crippen LogP contribution in [0.4, 0.5) is 10.1 Å². The number of nitro groups is 1. The van der Waals surface area contributed by atoms with E-state index in [1.807, 2.05) is 0 Å². The minimum absolute atomic E-state index is 0.182. The number of sulfonamides is 1. The van der Waals surface area contributed by atoms with Gasteiger partial charge in [-0.05, 0) is 37.7 Å². The molecule has 1 fully saturated rings. The van der Waals surface area contributed by atoms with Crippen LogP contribution in [0.25, 0.3) is 0 Å². The Kier molecular flexibility index (Phi) is 5.51. The maximum Gasteiger partial charge on any atom is 0.304 e. The molecule has 0 radical (unpaired) electrons. The standard InChI is InChI=1S/C13H16BrFN2O4S/c14-8-9-1-3-10(4-2-9)16-22(20,21)11-5-6-13(17(18)19)12(15)7-11/h5-7,9-10,16H,1-4,8H2. The SMILES string of the molecule is O=[N+]([O-])c1ccc(S(=O)(=O)NC2CCC(CBr)CC2)cc1F. The predicted molar refractivity (Wildman–Crippen MR) is 82.9 cm³/mol. The third-order valence-corrected chi connectivity index (χ3v) is 6.25. The molecule has 0 unspecified atom stereocenters. The molecule has 1 aliphatic carbocycles. The molecule has 0 aromatic heterocycles. The number of nitro benzene ring substituents is 1. The second-order valence-corrected chi connectivity index (χ2v) is 7.73. The molecule has 0 atom stereocenters. The molecule has 9 heteroatoms. The Balaban J connectivity index is 2.11. The van der Waals surface area contributed by atoms with Crippen LogP contribution in [-0.4, -0.2) is 24.7 Å². The van der Waals surface area contributed by atoms with E-state index in [4.69, 9.17) is 0 Å².